The molecule has 6 nitrogen and oxygen atoms in total. The van der Waals surface area contributed by atoms with Crippen LogP contribution in [0.4, 0.5) is 5.69 Å². The normalized spacial score (nSPS) is 9.63. The summed E-state index contributed by atoms with van der Waals surface area (Å²) in [6.07, 6.45) is 0.288. The van der Waals surface area contributed by atoms with Crippen molar-refractivity contribution < 1.29 is 23.9 Å². The first-order chi connectivity index (χ1) is 9.01. The molecule has 1 N–H and O–H groups in total. The summed E-state index contributed by atoms with van der Waals surface area (Å²) in [5, 5.41) is 2.58. The lowest BCUT2D eigenvalue weighted by molar-refractivity contribution is -0.115. The van der Waals surface area contributed by atoms with Gasteiger partial charge in [0.2, 0.25) is 5.91 Å². The summed E-state index contributed by atoms with van der Waals surface area (Å²) in [4.78, 5) is 34.3. The average Bonchev–Trinajstić information content (AvgIpc) is 2.44. The van der Waals surface area contributed by atoms with Crippen molar-refractivity contribution in [3.63, 3.8) is 0 Å². The molecule has 0 bridgehead atoms. The van der Waals surface area contributed by atoms with Gasteiger partial charge in [-0.2, -0.15) is 0 Å². The van der Waals surface area contributed by atoms with Gasteiger partial charge >= 0.3 is 11.9 Å². The second kappa shape index (κ2) is 6.53. The highest BCUT2D eigenvalue weighted by Gasteiger charge is 2.14. The van der Waals surface area contributed by atoms with E-state index in [9.17, 15) is 14.4 Å². The second-order valence-corrected chi connectivity index (χ2v) is 3.68. The Morgan fingerprint density at radius 2 is 1.47 bits per heavy atom. The fourth-order valence-corrected chi connectivity index (χ4v) is 1.42. The number of methoxy groups -OCH3 is 2. The van der Waals surface area contributed by atoms with Crippen LogP contribution in [0.2, 0.25) is 0 Å². The zero-order valence-corrected chi connectivity index (χ0v) is 11.0. The predicted octanol–water partition coefficient (Wildman–Crippen LogP) is 1.61. The third kappa shape index (κ3) is 3.80. The van der Waals surface area contributed by atoms with Crippen molar-refractivity contribution in [2.45, 2.75) is 13.3 Å². The minimum absolute atomic E-state index is 0.164. The van der Waals surface area contributed by atoms with Crippen LogP contribution in [0.25, 0.3) is 0 Å². The van der Waals surface area contributed by atoms with Crippen LogP contribution < -0.4 is 5.32 Å². The van der Waals surface area contributed by atoms with Gasteiger partial charge in [0.1, 0.15) is 0 Å². The number of amides is 1. The van der Waals surface area contributed by atoms with E-state index in [1.807, 2.05) is 0 Å². The molecule has 1 aromatic carbocycles. The Morgan fingerprint density at radius 1 is 1.00 bits per heavy atom. The first-order valence-corrected chi connectivity index (χ1v) is 5.63. The molecule has 0 saturated carbocycles. The van der Waals surface area contributed by atoms with E-state index in [2.05, 4.69) is 14.8 Å². The largest absolute Gasteiger partial charge is 0.465 e. The van der Waals surface area contributed by atoms with Crippen LogP contribution in [0.1, 0.15) is 34.1 Å². The first kappa shape index (κ1) is 14.7. The predicted molar refractivity (Wildman–Crippen MR) is 68.0 cm³/mol. The molecule has 0 aromatic heterocycles. The first-order valence-electron chi connectivity index (χ1n) is 5.63. The zero-order valence-electron chi connectivity index (χ0n) is 11.0. The van der Waals surface area contributed by atoms with Gasteiger partial charge in [0.25, 0.3) is 0 Å². The number of carbonyl (C=O) groups excluding carboxylic acids is 3. The van der Waals surface area contributed by atoms with Crippen LogP contribution in [-0.4, -0.2) is 32.1 Å². The van der Waals surface area contributed by atoms with E-state index in [1.54, 1.807) is 6.92 Å². The van der Waals surface area contributed by atoms with Crippen LogP contribution in [0.3, 0.4) is 0 Å². The molecule has 0 aliphatic carbocycles. The molecule has 0 aliphatic rings. The number of anilines is 1. The van der Waals surface area contributed by atoms with E-state index >= 15 is 0 Å². The van der Waals surface area contributed by atoms with Crippen molar-refractivity contribution in [1.29, 1.82) is 0 Å². The summed E-state index contributed by atoms with van der Waals surface area (Å²) in [6.45, 7) is 1.70. The lowest BCUT2D eigenvalue weighted by Crippen LogP contribution is -2.12. The molecule has 19 heavy (non-hydrogen) atoms. The van der Waals surface area contributed by atoms with Crippen molar-refractivity contribution in [3.8, 4) is 0 Å². The fourth-order valence-electron chi connectivity index (χ4n) is 1.42. The number of ether oxygens (including phenoxy) is 2. The van der Waals surface area contributed by atoms with E-state index in [-0.39, 0.29) is 23.5 Å². The number of hydrogen-bond acceptors (Lipinski definition) is 5. The summed E-state index contributed by atoms with van der Waals surface area (Å²) >= 11 is 0. The van der Waals surface area contributed by atoms with Crippen LogP contribution in [0.15, 0.2) is 18.2 Å². The smallest absolute Gasteiger partial charge is 0.337 e. The molecule has 0 spiro atoms. The molecule has 102 valence electrons. The quantitative estimate of drug-likeness (QED) is 0.836. The SMILES string of the molecule is CCC(=O)Nc1cc(C(=O)OC)cc(C(=O)OC)c1. The van der Waals surface area contributed by atoms with Gasteiger partial charge in [-0.1, -0.05) is 6.92 Å². The number of hydrogen-bond donors (Lipinski definition) is 1. The highest BCUT2D eigenvalue weighted by atomic mass is 16.5. The van der Waals surface area contributed by atoms with Gasteiger partial charge in [0.05, 0.1) is 25.3 Å². The van der Waals surface area contributed by atoms with Gasteiger partial charge < -0.3 is 14.8 Å². The summed E-state index contributed by atoms with van der Waals surface area (Å²) in [6, 6.07) is 4.22. The topological polar surface area (TPSA) is 81.7 Å². The maximum Gasteiger partial charge on any atom is 0.337 e. The van der Waals surface area contributed by atoms with E-state index in [0.717, 1.165) is 0 Å². The standard InChI is InChI=1S/C13H15NO5/c1-4-11(15)14-10-6-8(12(16)18-2)5-9(7-10)13(17)19-3/h5-7H,4H2,1-3H3,(H,14,15). The summed E-state index contributed by atoms with van der Waals surface area (Å²) in [5.74, 6) is -1.42. The Hall–Kier alpha value is -2.37. The summed E-state index contributed by atoms with van der Waals surface area (Å²) < 4.78 is 9.17. The molecule has 0 unspecified atom stereocenters. The van der Waals surface area contributed by atoms with Gasteiger partial charge in [-0.15, -0.1) is 0 Å². The lowest BCUT2D eigenvalue weighted by Gasteiger charge is -2.08. The van der Waals surface area contributed by atoms with Crippen molar-refractivity contribution in [1.82, 2.24) is 0 Å². The molecular formula is C13H15NO5. The van der Waals surface area contributed by atoms with Crippen molar-refractivity contribution in [2.75, 3.05) is 19.5 Å². The maximum atomic E-state index is 11.5. The summed E-state index contributed by atoms with van der Waals surface area (Å²) in [7, 11) is 2.47. The molecule has 1 aromatic rings. The van der Waals surface area contributed by atoms with Gasteiger partial charge in [-0.05, 0) is 18.2 Å². The van der Waals surface area contributed by atoms with Crippen molar-refractivity contribution in [2.24, 2.45) is 0 Å². The third-order valence-electron chi connectivity index (χ3n) is 2.38. The zero-order chi connectivity index (χ0) is 14.4. The van der Waals surface area contributed by atoms with E-state index < -0.39 is 11.9 Å². The molecule has 1 rings (SSSR count). The Balaban J connectivity index is 3.19. The van der Waals surface area contributed by atoms with E-state index in [1.165, 1.54) is 32.4 Å². The minimum atomic E-state index is -0.599. The minimum Gasteiger partial charge on any atom is -0.465 e. The van der Waals surface area contributed by atoms with Crippen LogP contribution >= 0.6 is 0 Å². The fraction of sp³-hybridized carbons (Fsp3) is 0.308. The third-order valence-corrected chi connectivity index (χ3v) is 2.38. The monoisotopic (exact) mass is 265 g/mol. The molecule has 0 fully saturated rings. The average molecular weight is 265 g/mol. The number of nitrogens with one attached hydrogen (secondary N) is 1. The van der Waals surface area contributed by atoms with Gasteiger partial charge in [0, 0.05) is 12.1 Å². The Kier molecular flexibility index (Phi) is 5.05. The van der Waals surface area contributed by atoms with E-state index in [4.69, 9.17) is 0 Å². The Labute approximate surface area is 110 Å². The molecule has 0 radical (unpaired) electrons. The molecule has 6 heteroatoms. The lowest BCUT2D eigenvalue weighted by atomic mass is 10.1. The molecule has 0 heterocycles. The highest BCUT2D eigenvalue weighted by molar-refractivity contribution is 5.99. The molecule has 0 saturated heterocycles. The molecular weight excluding hydrogens is 250 g/mol. The van der Waals surface area contributed by atoms with Crippen LogP contribution in [0, 0.1) is 0 Å². The second-order valence-electron chi connectivity index (χ2n) is 3.68. The molecule has 0 atom stereocenters. The van der Waals surface area contributed by atoms with Gasteiger partial charge in [0.15, 0.2) is 0 Å². The molecule has 0 aliphatic heterocycles. The van der Waals surface area contributed by atoms with Crippen LogP contribution in [-0.2, 0) is 14.3 Å². The van der Waals surface area contributed by atoms with E-state index in [0.29, 0.717) is 5.69 Å². The van der Waals surface area contributed by atoms with Crippen LogP contribution in [0.5, 0.6) is 0 Å². The summed E-state index contributed by atoms with van der Waals surface area (Å²) in [5.41, 5.74) is 0.670. The van der Waals surface area contributed by atoms with Crippen molar-refractivity contribution >= 4 is 23.5 Å². The number of benzene rings is 1. The number of esters is 2. The van der Waals surface area contributed by atoms with Gasteiger partial charge in [-0.3, -0.25) is 4.79 Å². The number of carbonyl (C=O) groups is 3. The maximum absolute atomic E-state index is 11.5. The number of rotatable bonds is 4. The Bertz CT molecular complexity index is 476. The molecule has 1 amide bonds. The Morgan fingerprint density at radius 3 is 1.84 bits per heavy atom. The highest BCUT2D eigenvalue weighted by Crippen LogP contribution is 2.17. The van der Waals surface area contributed by atoms with Crippen molar-refractivity contribution in [3.05, 3.63) is 29.3 Å². The van der Waals surface area contributed by atoms with Gasteiger partial charge in [-0.25, -0.2) is 9.59 Å².